The molecule has 0 radical (unpaired) electrons. The van der Waals surface area contributed by atoms with Crippen molar-refractivity contribution < 1.29 is 14.2 Å². The number of H-pyrrole nitrogens is 1. The minimum Gasteiger partial charge on any atom is -0.497 e. The molecule has 0 saturated carbocycles. The molecule has 0 fully saturated rings. The first-order valence-electron chi connectivity index (χ1n) is 8.62. The fraction of sp³-hybridized carbons (Fsp3) is 0.190. The topological polar surface area (TPSA) is 97.2 Å². The van der Waals surface area contributed by atoms with Crippen LogP contribution in [0, 0.1) is 11.3 Å². The van der Waals surface area contributed by atoms with Crippen LogP contribution in [0.5, 0.6) is 17.2 Å². The summed E-state index contributed by atoms with van der Waals surface area (Å²) in [4.78, 5) is 19.4. The highest BCUT2D eigenvalue weighted by atomic mass is 32.2. The van der Waals surface area contributed by atoms with E-state index in [9.17, 15) is 10.1 Å². The first-order chi connectivity index (χ1) is 14.1. The molecule has 0 aliphatic carbocycles. The van der Waals surface area contributed by atoms with E-state index in [1.165, 1.54) is 18.9 Å². The molecule has 0 saturated heterocycles. The molecule has 8 heteroatoms. The lowest BCUT2D eigenvalue weighted by atomic mass is 10.1. The van der Waals surface area contributed by atoms with E-state index in [1.807, 2.05) is 30.3 Å². The molecular formula is C21H19N3O4S. The highest BCUT2D eigenvalue weighted by Gasteiger charge is 2.20. The summed E-state index contributed by atoms with van der Waals surface area (Å²) >= 11 is 1.28. The number of nitrogens with one attached hydrogen (secondary N) is 1. The maximum Gasteiger partial charge on any atom is 0.270 e. The Morgan fingerprint density at radius 2 is 1.97 bits per heavy atom. The van der Waals surface area contributed by atoms with Crippen LogP contribution in [-0.4, -0.2) is 30.4 Å². The molecule has 29 heavy (non-hydrogen) atoms. The third kappa shape index (κ3) is 4.36. The number of aromatic nitrogens is 2. The lowest BCUT2D eigenvalue weighted by molar-refractivity contribution is 0.285. The van der Waals surface area contributed by atoms with E-state index in [2.05, 4.69) is 9.97 Å². The van der Waals surface area contributed by atoms with E-state index in [-0.39, 0.29) is 17.9 Å². The van der Waals surface area contributed by atoms with E-state index in [0.29, 0.717) is 22.2 Å². The smallest absolute Gasteiger partial charge is 0.270 e. The Kier molecular flexibility index (Phi) is 6.42. The Labute approximate surface area is 172 Å². The third-order valence-corrected chi connectivity index (χ3v) is 4.75. The summed E-state index contributed by atoms with van der Waals surface area (Å²) in [5.41, 5.74) is 1.07. The van der Waals surface area contributed by atoms with Crippen molar-refractivity contribution in [1.82, 2.24) is 9.97 Å². The molecule has 0 spiro atoms. The van der Waals surface area contributed by atoms with E-state index >= 15 is 0 Å². The second-order valence-corrected chi connectivity index (χ2v) is 6.68. The van der Waals surface area contributed by atoms with Gasteiger partial charge in [0.15, 0.2) is 16.7 Å². The predicted octanol–water partition coefficient (Wildman–Crippen LogP) is 3.63. The summed E-state index contributed by atoms with van der Waals surface area (Å²) in [5.74, 6) is 1.60. The molecule has 0 atom stereocenters. The van der Waals surface area contributed by atoms with Crippen LogP contribution in [0.1, 0.15) is 11.1 Å². The molecule has 0 bridgehead atoms. The zero-order valence-corrected chi connectivity index (χ0v) is 17.0. The third-order valence-electron chi connectivity index (χ3n) is 4.17. The van der Waals surface area contributed by atoms with Gasteiger partial charge in [0, 0.05) is 5.56 Å². The maximum absolute atomic E-state index is 12.3. The van der Waals surface area contributed by atoms with Crippen molar-refractivity contribution in [2.45, 2.75) is 11.8 Å². The van der Waals surface area contributed by atoms with Crippen LogP contribution in [-0.2, 0) is 6.61 Å². The van der Waals surface area contributed by atoms with Gasteiger partial charge in [-0.25, -0.2) is 4.98 Å². The fourth-order valence-corrected chi connectivity index (χ4v) is 3.15. The second-order valence-electron chi connectivity index (χ2n) is 5.89. The number of rotatable bonds is 7. The molecule has 1 aromatic heterocycles. The average molecular weight is 409 g/mol. The SMILES string of the molecule is COc1cccc(COc2c(OC)cccc2-c2nc(SC)[nH]c(=O)c2C#N)c1. The molecule has 0 aliphatic heterocycles. The highest BCUT2D eigenvalue weighted by molar-refractivity contribution is 7.98. The molecule has 1 heterocycles. The molecule has 0 aliphatic rings. The van der Waals surface area contributed by atoms with Crippen molar-refractivity contribution in [3.63, 3.8) is 0 Å². The van der Waals surface area contributed by atoms with Gasteiger partial charge in [0.25, 0.3) is 5.56 Å². The van der Waals surface area contributed by atoms with Gasteiger partial charge in [-0.15, -0.1) is 0 Å². The first-order valence-corrected chi connectivity index (χ1v) is 9.85. The number of nitriles is 1. The second kappa shape index (κ2) is 9.17. The Morgan fingerprint density at radius 1 is 1.17 bits per heavy atom. The quantitative estimate of drug-likeness (QED) is 0.470. The van der Waals surface area contributed by atoms with Crippen LogP contribution in [0.3, 0.4) is 0 Å². The van der Waals surface area contributed by atoms with Gasteiger partial charge in [-0.3, -0.25) is 4.79 Å². The fourth-order valence-electron chi connectivity index (χ4n) is 2.78. The zero-order valence-electron chi connectivity index (χ0n) is 16.2. The van der Waals surface area contributed by atoms with E-state index in [1.54, 1.807) is 31.6 Å². The molecule has 2 aromatic carbocycles. The minimum absolute atomic E-state index is 0.0812. The molecule has 0 amide bonds. The number of methoxy groups -OCH3 is 2. The first kappa shape index (κ1) is 20.3. The van der Waals surface area contributed by atoms with Crippen LogP contribution in [0.15, 0.2) is 52.4 Å². The number of aromatic amines is 1. The van der Waals surface area contributed by atoms with Gasteiger partial charge in [-0.2, -0.15) is 5.26 Å². The largest absolute Gasteiger partial charge is 0.497 e. The van der Waals surface area contributed by atoms with E-state index in [4.69, 9.17) is 14.2 Å². The summed E-state index contributed by atoms with van der Waals surface area (Å²) in [6, 6.07) is 14.7. The van der Waals surface area contributed by atoms with Gasteiger partial charge in [-0.05, 0) is 36.1 Å². The number of para-hydroxylation sites is 1. The van der Waals surface area contributed by atoms with Crippen molar-refractivity contribution in [3.05, 3.63) is 63.9 Å². The Bertz CT molecular complexity index is 1120. The van der Waals surface area contributed by atoms with Gasteiger partial charge < -0.3 is 19.2 Å². The normalized spacial score (nSPS) is 10.3. The average Bonchev–Trinajstić information content (AvgIpc) is 2.76. The molecule has 1 N–H and O–H groups in total. The number of benzene rings is 2. The summed E-state index contributed by atoms with van der Waals surface area (Å²) in [5, 5.41) is 9.91. The number of hydrogen-bond acceptors (Lipinski definition) is 7. The Hall–Kier alpha value is -3.44. The van der Waals surface area contributed by atoms with Gasteiger partial charge in [0.05, 0.1) is 14.2 Å². The highest BCUT2D eigenvalue weighted by Crippen LogP contribution is 2.39. The minimum atomic E-state index is -0.497. The lowest BCUT2D eigenvalue weighted by Gasteiger charge is -2.16. The summed E-state index contributed by atoms with van der Waals surface area (Å²) in [7, 11) is 3.13. The van der Waals surface area contributed by atoms with Crippen molar-refractivity contribution >= 4 is 11.8 Å². The van der Waals surface area contributed by atoms with Crippen molar-refractivity contribution in [1.29, 1.82) is 5.26 Å². The monoisotopic (exact) mass is 409 g/mol. The van der Waals surface area contributed by atoms with Crippen LogP contribution in [0.4, 0.5) is 0 Å². The Morgan fingerprint density at radius 3 is 2.66 bits per heavy atom. The summed E-state index contributed by atoms with van der Waals surface area (Å²) in [6.45, 7) is 0.241. The zero-order chi connectivity index (χ0) is 20.8. The van der Waals surface area contributed by atoms with Gasteiger partial charge in [0.1, 0.15) is 29.7 Å². The van der Waals surface area contributed by atoms with Crippen molar-refractivity contribution in [2.24, 2.45) is 0 Å². The number of thioether (sulfide) groups is 1. The molecule has 0 unspecified atom stereocenters. The van der Waals surface area contributed by atoms with Crippen LogP contribution in [0.2, 0.25) is 0 Å². The van der Waals surface area contributed by atoms with Crippen molar-refractivity contribution in [3.8, 4) is 34.6 Å². The summed E-state index contributed by atoms with van der Waals surface area (Å²) in [6.07, 6.45) is 1.79. The predicted molar refractivity (Wildman–Crippen MR) is 111 cm³/mol. The summed E-state index contributed by atoms with van der Waals surface area (Å²) < 4.78 is 16.8. The van der Waals surface area contributed by atoms with Gasteiger partial charge in [-0.1, -0.05) is 30.0 Å². The molecule has 3 aromatic rings. The molecule has 3 rings (SSSR count). The van der Waals surface area contributed by atoms with Crippen LogP contribution < -0.4 is 19.8 Å². The lowest BCUT2D eigenvalue weighted by Crippen LogP contribution is -2.15. The molecule has 148 valence electrons. The van der Waals surface area contributed by atoms with E-state index in [0.717, 1.165) is 11.3 Å². The van der Waals surface area contributed by atoms with Crippen molar-refractivity contribution in [2.75, 3.05) is 20.5 Å². The molecular weight excluding hydrogens is 390 g/mol. The van der Waals surface area contributed by atoms with Gasteiger partial charge in [0.2, 0.25) is 0 Å². The maximum atomic E-state index is 12.3. The number of hydrogen-bond donors (Lipinski definition) is 1. The number of nitrogens with zero attached hydrogens (tertiary/aromatic N) is 2. The van der Waals surface area contributed by atoms with Crippen LogP contribution in [0.25, 0.3) is 11.3 Å². The molecule has 7 nitrogen and oxygen atoms in total. The Balaban J connectivity index is 2.09. The van der Waals surface area contributed by atoms with Crippen LogP contribution >= 0.6 is 11.8 Å². The van der Waals surface area contributed by atoms with E-state index < -0.39 is 5.56 Å². The van der Waals surface area contributed by atoms with Gasteiger partial charge >= 0.3 is 0 Å². The standard InChI is InChI=1S/C21H19N3O4S/c1-26-14-7-4-6-13(10-14)12-28-19-15(8-5-9-17(19)27-2)18-16(11-22)20(25)24-21(23-18)29-3/h4-10H,12H2,1-3H3,(H,23,24,25). The number of ether oxygens (including phenoxy) is 3.